The number of anilines is 3. The Kier molecular flexibility index (Phi) is 27.6. The maximum Gasteiger partial charge on any atom is 0.412 e. The Morgan fingerprint density at radius 3 is 2.33 bits per heavy atom. The van der Waals surface area contributed by atoms with Crippen LogP contribution in [0.25, 0.3) is 0 Å². The Labute approximate surface area is 503 Å². The highest BCUT2D eigenvalue weighted by Crippen LogP contribution is 2.38. The van der Waals surface area contributed by atoms with Gasteiger partial charge < -0.3 is 66.0 Å². The maximum atomic E-state index is 14.3. The third-order valence-electron chi connectivity index (χ3n) is 14.1. The third-order valence-corrected chi connectivity index (χ3v) is 15.5. The summed E-state index contributed by atoms with van der Waals surface area (Å²) in [7, 11) is 4.39. The van der Waals surface area contributed by atoms with Gasteiger partial charge in [-0.3, -0.25) is 34.6 Å². The number of primary amides is 1. The van der Waals surface area contributed by atoms with Gasteiger partial charge in [0.2, 0.25) is 29.5 Å². The molecule has 83 heavy (non-hydrogen) atoms. The number of carbonyl (C=O) groups excluding carboxylic acids is 8. The first-order chi connectivity index (χ1) is 39.2. The molecule has 9 amide bonds. The highest BCUT2D eigenvalue weighted by atomic mass is 79.9. The molecule has 1 fully saturated rings. The molecule has 26 heteroatoms. The molecule has 4 rings (SSSR count). The number of nitrogens with one attached hydrogen (secondary N) is 7. The second kappa shape index (κ2) is 33.2. The van der Waals surface area contributed by atoms with Crippen LogP contribution in [0.3, 0.4) is 0 Å². The van der Waals surface area contributed by atoms with E-state index in [4.69, 9.17) is 52.6 Å². The van der Waals surface area contributed by atoms with Crippen LogP contribution in [0.1, 0.15) is 98.5 Å². The molecular formula is C57H80BrCl2N9O14. The van der Waals surface area contributed by atoms with Crippen molar-refractivity contribution < 1.29 is 67.1 Å². The minimum atomic E-state index is -1.88. The average Bonchev–Trinajstić information content (AvgIpc) is 3.28. The lowest BCUT2D eigenvalue weighted by Gasteiger charge is -2.43. The fourth-order valence-electron chi connectivity index (χ4n) is 9.09. The van der Waals surface area contributed by atoms with Gasteiger partial charge in [-0.1, -0.05) is 96.7 Å². The van der Waals surface area contributed by atoms with E-state index in [1.165, 1.54) is 44.4 Å². The number of amides is 9. The number of methoxy groups -OCH3 is 2. The summed E-state index contributed by atoms with van der Waals surface area (Å²) in [6.45, 7) is 14.7. The number of benzene rings is 2. The fraction of sp³-hybridized carbons (Fsp3) is 0.544. The third kappa shape index (κ3) is 21.3. The molecule has 1 unspecified atom stereocenters. The van der Waals surface area contributed by atoms with Crippen LogP contribution in [0.2, 0.25) is 10.0 Å². The van der Waals surface area contributed by atoms with Gasteiger partial charge in [0.1, 0.15) is 41.2 Å². The van der Waals surface area contributed by atoms with Gasteiger partial charge in [-0.05, 0) is 94.7 Å². The number of fused-ring (bicyclic) bond motifs is 4. The van der Waals surface area contributed by atoms with Crippen molar-refractivity contribution in [1.29, 1.82) is 0 Å². The van der Waals surface area contributed by atoms with Gasteiger partial charge in [0, 0.05) is 62.6 Å². The first-order valence-electron chi connectivity index (χ1n) is 27.3. The molecule has 10 N–H and O–H groups in total. The summed E-state index contributed by atoms with van der Waals surface area (Å²) in [6, 6.07) is 4.72. The van der Waals surface area contributed by atoms with Crippen molar-refractivity contribution in [2.45, 2.75) is 148 Å². The Hall–Kier alpha value is -6.44. The van der Waals surface area contributed by atoms with Crippen molar-refractivity contribution in [3.05, 3.63) is 81.9 Å². The molecule has 458 valence electrons. The minimum Gasteiger partial charge on any atom is -0.495 e. The van der Waals surface area contributed by atoms with E-state index in [1.54, 1.807) is 58.9 Å². The number of carbonyl (C=O) groups is 8. The number of hydrogen-bond acceptors (Lipinski definition) is 14. The summed E-state index contributed by atoms with van der Waals surface area (Å²) >= 11 is 16.7. The van der Waals surface area contributed by atoms with Gasteiger partial charge in [0.15, 0.2) is 5.72 Å². The lowest BCUT2D eigenvalue weighted by molar-refractivity contribution is -0.158. The normalized spacial score (nSPS) is 23.1. The predicted octanol–water partition coefficient (Wildman–Crippen LogP) is 7.30. The summed E-state index contributed by atoms with van der Waals surface area (Å²) < 4.78 is 29.3. The number of nitrogens with two attached hydrogens (primary N) is 1. The molecule has 4 bridgehead atoms. The molecule has 0 spiro atoms. The number of unbranched alkanes of at least 4 members (excludes halogenated alkanes) is 2. The van der Waals surface area contributed by atoms with Gasteiger partial charge >= 0.3 is 18.2 Å². The largest absolute Gasteiger partial charge is 0.495 e. The smallest absolute Gasteiger partial charge is 0.412 e. The molecule has 23 nitrogen and oxygen atoms in total. The van der Waals surface area contributed by atoms with Crippen molar-refractivity contribution >= 4 is 104 Å². The van der Waals surface area contributed by atoms with E-state index in [1.807, 2.05) is 13.0 Å². The number of alkyl halides is 1. The van der Waals surface area contributed by atoms with Gasteiger partial charge in [-0.2, -0.15) is 0 Å². The Morgan fingerprint density at radius 2 is 1.67 bits per heavy atom. The number of aliphatic hydroxyl groups is 1. The van der Waals surface area contributed by atoms with E-state index in [-0.39, 0.29) is 71.4 Å². The van der Waals surface area contributed by atoms with Gasteiger partial charge in [-0.25, -0.2) is 14.4 Å². The number of urea groups is 1. The molecule has 0 aromatic heterocycles. The van der Waals surface area contributed by atoms with Gasteiger partial charge in [0.25, 0.3) is 0 Å². The minimum absolute atomic E-state index is 0.0427. The number of alkyl carbamates (subject to hydrolysis) is 1. The number of rotatable bonds is 22. The lowest BCUT2D eigenvalue weighted by Crippen LogP contribution is -2.63. The zero-order valence-corrected chi connectivity index (χ0v) is 51.5. The SMILES string of the molecule is C=C(CBr)C(=O)NCCCCCC(=O)N[C@H](C(=O)N[C@@H](CCCNC(N)=O)C(=O)Nc1ccc(NC(=O)O[C@H]2CC(=O)N(C)c3cc(cc(OC)c3Cl)C/C(C)=C/C=C/[C@@H](OC)[C@@]3(O)C[C@H](OC(=O)N3)[C@@H](C)[C@@H](C)OC2C)c(Cl)c1)C(C)C. The molecule has 0 saturated carbocycles. The number of ether oxygens (including phenoxy) is 5. The number of hydrogen-bond donors (Lipinski definition) is 9. The van der Waals surface area contributed by atoms with Gasteiger partial charge in [0.05, 0.1) is 42.1 Å². The molecule has 0 radical (unpaired) electrons. The number of nitrogens with zero attached hydrogens (tertiary/aromatic N) is 1. The van der Waals surface area contributed by atoms with E-state index in [2.05, 4.69) is 59.7 Å². The summed E-state index contributed by atoms with van der Waals surface area (Å²) in [6.07, 6.45) is 0.433. The average molecular weight is 1270 g/mol. The fourth-order valence-corrected chi connectivity index (χ4v) is 9.89. The lowest BCUT2D eigenvalue weighted by atomic mass is 9.88. The quantitative estimate of drug-likeness (QED) is 0.0317. The monoisotopic (exact) mass is 1260 g/mol. The van der Waals surface area contributed by atoms with Crippen molar-refractivity contribution in [3.63, 3.8) is 0 Å². The molecule has 2 aromatic rings. The number of allylic oxidation sites excluding steroid dienone is 3. The molecule has 9 atom stereocenters. The van der Waals surface area contributed by atoms with Crippen LogP contribution in [-0.2, 0) is 49.3 Å². The van der Waals surface area contributed by atoms with Crippen LogP contribution in [-0.4, -0.2) is 141 Å². The second-order valence-electron chi connectivity index (χ2n) is 21.0. The van der Waals surface area contributed by atoms with Crippen LogP contribution in [0.15, 0.2) is 66.3 Å². The predicted molar refractivity (Wildman–Crippen MR) is 319 cm³/mol. The highest BCUT2D eigenvalue weighted by molar-refractivity contribution is 9.09. The van der Waals surface area contributed by atoms with Crippen molar-refractivity contribution in [2.75, 3.05) is 55.2 Å². The summed E-state index contributed by atoms with van der Waals surface area (Å²) in [5.41, 5.74) is 5.92. The molecule has 2 aliphatic rings. The topological polar surface area (TPSA) is 316 Å². The molecule has 2 aliphatic heterocycles. The summed E-state index contributed by atoms with van der Waals surface area (Å²) in [4.78, 5) is 107. The Balaban J connectivity index is 1.54. The zero-order valence-electron chi connectivity index (χ0n) is 48.4. The van der Waals surface area contributed by atoms with Crippen molar-refractivity contribution in [3.8, 4) is 5.75 Å². The summed E-state index contributed by atoms with van der Waals surface area (Å²) in [5, 5.41) is 30.9. The second-order valence-corrected chi connectivity index (χ2v) is 22.3. The molecule has 2 heterocycles. The van der Waals surface area contributed by atoms with E-state index >= 15 is 0 Å². The zero-order chi connectivity index (χ0) is 61.7. The highest BCUT2D eigenvalue weighted by Gasteiger charge is 2.47. The Morgan fingerprint density at radius 1 is 0.964 bits per heavy atom. The maximum absolute atomic E-state index is 14.3. The molecule has 2 aromatic carbocycles. The van der Waals surface area contributed by atoms with Crippen LogP contribution in [0.5, 0.6) is 5.75 Å². The standard InChI is InChI=1S/C57H80BrCl2N9O14/c1-31(2)50(67-47(70)19-12-11-13-22-62-51(72)33(4)30-58)53(74)65-41(17-15-23-63-54(61)75)52(73)64-38-20-21-40(39(59)27-38)66-55(76)82-43-28-48(71)69(8)42-25-37(26-44(79-9)49(42)60)24-32(3)16-14-18-46(80-10)57(78)29-45(83-56(77)68-57)34(5)35(6)81-36(43)7/h14,16,18,20-21,25-27,31,34-36,41,43,45-46,50,78H,4,11-13,15,17,19,22-24,28-30H2,1-3,5-10H3,(H,62,72)(H,64,73)(H,65,74)(H,66,76)(H,67,70)(H,68,77)(H3,61,63,75)/b18-14+,32-16+/t34-,35+,36?,41-,43-,45-,46+,50-,57-/m0/s1. The van der Waals surface area contributed by atoms with E-state index in [0.717, 1.165) is 11.1 Å². The van der Waals surface area contributed by atoms with Crippen LogP contribution in [0.4, 0.5) is 31.4 Å². The van der Waals surface area contributed by atoms with Crippen molar-refractivity contribution in [1.82, 2.24) is 26.6 Å². The number of halogens is 3. The molecular weight excluding hydrogens is 1190 g/mol. The summed E-state index contributed by atoms with van der Waals surface area (Å²) in [5.74, 6) is -3.07. The van der Waals surface area contributed by atoms with E-state index < -0.39 is 96.6 Å². The van der Waals surface area contributed by atoms with E-state index in [9.17, 15) is 43.5 Å². The first kappa shape index (κ1) is 69.1. The van der Waals surface area contributed by atoms with Gasteiger partial charge in [-0.15, -0.1) is 0 Å². The van der Waals surface area contributed by atoms with Crippen molar-refractivity contribution in [2.24, 2.45) is 17.6 Å². The van der Waals surface area contributed by atoms with Crippen LogP contribution in [0, 0.1) is 11.8 Å². The molecule has 1 saturated heterocycles. The Bertz CT molecular complexity index is 2720. The molecule has 0 aliphatic carbocycles. The van der Waals surface area contributed by atoms with Crippen LogP contribution >= 0.6 is 39.1 Å². The first-order valence-corrected chi connectivity index (χ1v) is 29.2. The van der Waals surface area contributed by atoms with Crippen LogP contribution < -0.4 is 52.6 Å². The van der Waals surface area contributed by atoms with E-state index in [0.29, 0.717) is 54.6 Å².